The van der Waals surface area contributed by atoms with E-state index in [1.54, 1.807) is 31.4 Å². The van der Waals surface area contributed by atoms with Gasteiger partial charge in [0.1, 0.15) is 6.61 Å². The number of nitrogens with one attached hydrogen (secondary N) is 2. The van der Waals surface area contributed by atoms with Crippen LogP contribution in [0.15, 0.2) is 54.6 Å². The summed E-state index contributed by atoms with van der Waals surface area (Å²) >= 11 is 18.9. The van der Waals surface area contributed by atoms with Gasteiger partial charge in [0.25, 0.3) is 0 Å². The van der Waals surface area contributed by atoms with Crippen LogP contribution < -0.4 is 20.1 Å². The average molecular weight is 480 g/mol. The molecule has 0 radical (unpaired) electrons. The summed E-state index contributed by atoms with van der Waals surface area (Å²) < 4.78 is 11.4. The predicted octanol–water partition coefficient (Wildman–Crippen LogP) is 6.80. The van der Waals surface area contributed by atoms with Crippen molar-refractivity contribution >= 4 is 52.1 Å². The zero-order valence-electron chi connectivity index (χ0n) is 17.0. The normalized spacial score (nSPS) is 10.5. The van der Waals surface area contributed by atoms with Crippen molar-refractivity contribution < 1.29 is 14.3 Å². The molecule has 31 heavy (non-hydrogen) atoms. The third kappa shape index (κ3) is 6.20. The molecule has 0 spiro atoms. The van der Waals surface area contributed by atoms with E-state index < -0.39 is 0 Å². The Hall–Kier alpha value is -2.60. The fourth-order valence-corrected chi connectivity index (χ4v) is 3.60. The van der Waals surface area contributed by atoms with E-state index in [-0.39, 0.29) is 12.5 Å². The first-order valence-electron chi connectivity index (χ1n) is 9.41. The molecule has 0 saturated carbocycles. The molecule has 3 aromatic rings. The van der Waals surface area contributed by atoms with E-state index >= 15 is 0 Å². The Kier molecular flexibility index (Phi) is 7.91. The number of carbonyl (C=O) groups is 1. The fraction of sp³-hybridized carbons (Fsp3) is 0.174. The Morgan fingerprint density at radius 1 is 0.903 bits per heavy atom. The van der Waals surface area contributed by atoms with Crippen LogP contribution in [0.2, 0.25) is 15.1 Å². The van der Waals surface area contributed by atoms with Crippen molar-refractivity contribution in [3.05, 3.63) is 80.8 Å². The number of benzene rings is 3. The highest BCUT2D eigenvalue weighted by Gasteiger charge is 2.13. The molecule has 0 aromatic heterocycles. The highest BCUT2D eigenvalue weighted by Crippen LogP contribution is 2.35. The van der Waals surface area contributed by atoms with Crippen LogP contribution in [0.1, 0.15) is 18.1 Å². The van der Waals surface area contributed by atoms with E-state index in [9.17, 15) is 4.79 Å². The minimum absolute atomic E-state index is 0.112. The number of methoxy groups -OCH3 is 1. The summed E-state index contributed by atoms with van der Waals surface area (Å²) in [6.45, 7) is 2.13. The number of rotatable bonds is 8. The summed E-state index contributed by atoms with van der Waals surface area (Å²) in [5.41, 5.74) is 3.15. The smallest absolute Gasteiger partial charge is 0.221 e. The van der Waals surface area contributed by atoms with Gasteiger partial charge in [-0.05, 0) is 48.0 Å². The molecule has 0 aliphatic carbocycles. The molecule has 0 aliphatic heterocycles. The molecule has 5 nitrogen and oxygen atoms in total. The van der Waals surface area contributed by atoms with Crippen LogP contribution in [0.5, 0.6) is 11.5 Å². The predicted molar refractivity (Wildman–Crippen MR) is 127 cm³/mol. The molecule has 0 fully saturated rings. The van der Waals surface area contributed by atoms with Gasteiger partial charge < -0.3 is 20.1 Å². The lowest BCUT2D eigenvalue weighted by molar-refractivity contribution is -0.114. The summed E-state index contributed by atoms with van der Waals surface area (Å²) in [5.74, 6) is 0.927. The SMILES string of the molecule is COc1cc(CNc2ccc(NC(C)=O)cc2)c(Cl)cc1OCc1c(Cl)cccc1Cl. The van der Waals surface area contributed by atoms with E-state index in [1.165, 1.54) is 6.92 Å². The summed E-state index contributed by atoms with van der Waals surface area (Å²) in [5, 5.41) is 7.62. The summed E-state index contributed by atoms with van der Waals surface area (Å²) in [6, 6.07) is 16.2. The van der Waals surface area contributed by atoms with Crippen molar-refractivity contribution in [3.8, 4) is 11.5 Å². The van der Waals surface area contributed by atoms with Gasteiger partial charge in [0.15, 0.2) is 11.5 Å². The van der Waals surface area contributed by atoms with Crippen LogP contribution in [0.4, 0.5) is 11.4 Å². The quantitative estimate of drug-likeness (QED) is 0.373. The molecule has 0 saturated heterocycles. The molecular weight excluding hydrogens is 459 g/mol. The summed E-state index contributed by atoms with van der Waals surface area (Å²) in [4.78, 5) is 11.1. The second-order valence-corrected chi connectivity index (χ2v) is 7.92. The first kappa shape index (κ1) is 23.1. The average Bonchev–Trinajstić information content (AvgIpc) is 2.73. The van der Waals surface area contributed by atoms with Gasteiger partial charge >= 0.3 is 0 Å². The standard InChI is InChI=1S/C23H21Cl3N2O3/c1-14(29)28-17-8-6-16(7-9-17)27-12-15-10-22(30-2)23(11-21(15)26)31-13-18-19(24)4-3-5-20(18)25/h3-11,27H,12-13H2,1-2H3,(H,28,29). The second-order valence-electron chi connectivity index (χ2n) is 6.70. The van der Waals surface area contributed by atoms with Crippen LogP contribution in [-0.4, -0.2) is 13.0 Å². The Labute approximate surface area is 196 Å². The molecular formula is C23H21Cl3N2O3. The molecule has 8 heteroatoms. The van der Waals surface area contributed by atoms with Crippen LogP contribution in [-0.2, 0) is 17.9 Å². The molecule has 0 unspecified atom stereocenters. The highest BCUT2D eigenvalue weighted by molar-refractivity contribution is 6.36. The lowest BCUT2D eigenvalue weighted by Crippen LogP contribution is -2.06. The van der Waals surface area contributed by atoms with Gasteiger partial charge in [-0.15, -0.1) is 0 Å². The Balaban J connectivity index is 1.69. The second kappa shape index (κ2) is 10.6. The van der Waals surface area contributed by atoms with Crippen molar-refractivity contribution in [2.75, 3.05) is 17.7 Å². The number of hydrogen-bond donors (Lipinski definition) is 2. The molecule has 0 heterocycles. The summed E-state index contributed by atoms with van der Waals surface area (Å²) in [6.07, 6.45) is 0. The zero-order chi connectivity index (χ0) is 22.4. The van der Waals surface area contributed by atoms with Gasteiger partial charge in [0, 0.05) is 51.5 Å². The van der Waals surface area contributed by atoms with Crippen molar-refractivity contribution in [3.63, 3.8) is 0 Å². The van der Waals surface area contributed by atoms with E-state index in [0.717, 1.165) is 16.9 Å². The Bertz CT molecular complexity index is 1050. The van der Waals surface area contributed by atoms with Gasteiger partial charge in [0.2, 0.25) is 5.91 Å². The minimum atomic E-state index is -0.112. The molecule has 162 valence electrons. The molecule has 3 rings (SSSR count). The van der Waals surface area contributed by atoms with E-state index in [0.29, 0.717) is 38.7 Å². The Morgan fingerprint density at radius 2 is 1.55 bits per heavy atom. The number of ether oxygens (including phenoxy) is 2. The lowest BCUT2D eigenvalue weighted by atomic mass is 10.2. The van der Waals surface area contributed by atoms with Gasteiger partial charge in [-0.1, -0.05) is 40.9 Å². The molecule has 0 bridgehead atoms. The van der Waals surface area contributed by atoms with Crippen LogP contribution in [0.25, 0.3) is 0 Å². The monoisotopic (exact) mass is 478 g/mol. The minimum Gasteiger partial charge on any atom is -0.493 e. The maximum atomic E-state index is 11.1. The maximum absolute atomic E-state index is 11.1. The van der Waals surface area contributed by atoms with Crippen LogP contribution >= 0.6 is 34.8 Å². The van der Waals surface area contributed by atoms with E-state index in [4.69, 9.17) is 44.3 Å². The number of amides is 1. The molecule has 0 atom stereocenters. The third-order valence-corrected chi connectivity index (χ3v) is 5.51. The highest BCUT2D eigenvalue weighted by atomic mass is 35.5. The fourth-order valence-electron chi connectivity index (χ4n) is 2.88. The van der Waals surface area contributed by atoms with Gasteiger partial charge in [-0.3, -0.25) is 4.79 Å². The number of anilines is 2. The maximum Gasteiger partial charge on any atom is 0.221 e. The Morgan fingerprint density at radius 3 is 2.16 bits per heavy atom. The molecule has 0 aliphatic rings. The molecule has 2 N–H and O–H groups in total. The number of carbonyl (C=O) groups excluding carboxylic acids is 1. The van der Waals surface area contributed by atoms with E-state index in [1.807, 2.05) is 30.3 Å². The topological polar surface area (TPSA) is 59.6 Å². The zero-order valence-corrected chi connectivity index (χ0v) is 19.2. The van der Waals surface area contributed by atoms with Crippen molar-refractivity contribution in [2.24, 2.45) is 0 Å². The van der Waals surface area contributed by atoms with Gasteiger partial charge in [-0.2, -0.15) is 0 Å². The van der Waals surface area contributed by atoms with E-state index in [2.05, 4.69) is 10.6 Å². The van der Waals surface area contributed by atoms with Crippen molar-refractivity contribution in [1.29, 1.82) is 0 Å². The van der Waals surface area contributed by atoms with Gasteiger partial charge in [0.05, 0.1) is 7.11 Å². The molecule has 1 amide bonds. The largest absolute Gasteiger partial charge is 0.493 e. The van der Waals surface area contributed by atoms with Crippen LogP contribution in [0.3, 0.4) is 0 Å². The van der Waals surface area contributed by atoms with Crippen molar-refractivity contribution in [2.45, 2.75) is 20.1 Å². The third-order valence-electron chi connectivity index (χ3n) is 4.45. The molecule has 3 aromatic carbocycles. The van der Waals surface area contributed by atoms with Crippen molar-refractivity contribution in [1.82, 2.24) is 0 Å². The van der Waals surface area contributed by atoms with Gasteiger partial charge in [-0.25, -0.2) is 0 Å². The number of hydrogen-bond acceptors (Lipinski definition) is 4. The first-order chi connectivity index (χ1) is 14.9. The summed E-state index contributed by atoms with van der Waals surface area (Å²) in [7, 11) is 1.57. The van der Waals surface area contributed by atoms with Crippen LogP contribution in [0, 0.1) is 0 Å². The first-order valence-corrected chi connectivity index (χ1v) is 10.5. The lowest BCUT2D eigenvalue weighted by Gasteiger charge is -2.16. The number of halogens is 3.